The predicted molar refractivity (Wildman–Crippen MR) is 104 cm³/mol. The minimum absolute atomic E-state index is 0.0927. The highest BCUT2D eigenvalue weighted by atomic mass is 16.5. The number of hydrogen-bond donors (Lipinski definition) is 1. The molecule has 0 saturated carbocycles. The topological polar surface area (TPSA) is 58.6 Å². The van der Waals surface area contributed by atoms with Gasteiger partial charge in [0.05, 0.1) is 30.7 Å². The Morgan fingerprint density at radius 3 is 2.59 bits per heavy atom. The van der Waals surface area contributed by atoms with E-state index in [1.54, 1.807) is 7.11 Å². The molecule has 0 bridgehead atoms. The number of ether oxygens (including phenoxy) is 1. The summed E-state index contributed by atoms with van der Waals surface area (Å²) in [5.74, 6) is -0.105. The molecule has 2 heterocycles. The van der Waals surface area contributed by atoms with Crippen LogP contribution in [-0.2, 0) is 9.59 Å². The lowest BCUT2D eigenvalue weighted by Gasteiger charge is -2.30. The maximum absolute atomic E-state index is 13.3. The molecule has 27 heavy (non-hydrogen) atoms. The Labute approximate surface area is 157 Å². The fraction of sp³-hybridized carbons (Fsp3) is 0.273. The molecule has 0 radical (unpaired) electrons. The zero-order valence-electron chi connectivity index (χ0n) is 15.2. The highest BCUT2D eigenvalue weighted by Crippen LogP contribution is 2.51. The van der Waals surface area contributed by atoms with Crippen LogP contribution in [0.2, 0.25) is 0 Å². The van der Waals surface area contributed by atoms with E-state index in [0.29, 0.717) is 12.1 Å². The second kappa shape index (κ2) is 5.71. The number of rotatable bonds is 2. The molecule has 1 saturated heterocycles. The Kier molecular flexibility index (Phi) is 3.41. The summed E-state index contributed by atoms with van der Waals surface area (Å²) in [5, 5.41) is 3.50. The molecular weight excluding hydrogens is 340 g/mol. The van der Waals surface area contributed by atoms with E-state index < -0.39 is 0 Å². The molecule has 2 aromatic rings. The summed E-state index contributed by atoms with van der Waals surface area (Å²) in [6.07, 6.45) is 0.614. The lowest BCUT2D eigenvalue weighted by Crippen LogP contribution is -2.38. The van der Waals surface area contributed by atoms with Gasteiger partial charge in [-0.2, -0.15) is 0 Å². The molecule has 0 spiro atoms. The van der Waals surface area contributed by atoms with Gasteiger partial charge in [0.2, 0.25) is 11.8 Å². The number of allylic oxidation sites excluding steroid dienone is 1. The van der Waals surface area contributed by atoms with Crippen LogP contribution in [0.15, 0.2) is 54.1 Å². The average Bonchev–Trinajstić information content (AvgIpc) is 3.18. The zero-order valence-corrected chi connectivity index (χ0v) is 15.2. The first-order chi connectivity index (χ1) is 13.1. The van der Waals surface area contributed by atoms with Crippen molar-refractivity contribution < 1.29 is 14.3 Å². The van der Waals surface area contributed by atoms with Crippen molar-refractivity contribution in [2.45, 2.75) is 19.4 Å². The second-order valence-corrected chi connectivity index (χ2v) is 7.41. The lowest BCUT2D eigenvalue weighted by atomic mass is 9.74. The van der Waals surface area contributed by atoms with E-state index in [-0.39, 0.29) is 29.7 Å². The van der Waals surface area contributed by atoms with Crippen molar-refractivity contribution >= 4 is 28.8 Å². The van der Waals surface area contributed by atoms with Crippen LogP contribution in [0.25, 0.3) is 5.57 Å². The zero-order chi connectivity index (χ0) is 18.7. The van der Waals surface area contributed by atoms with Crippen LogP contribution in [0.4, 0.5) is 11.4 Å². The smallest absolute Gasteiger partial charge is 0.240 e. The van der Waals surface area contributed by atoms with Gasteiger partial charge in [-0.25, -0.2) is 4.90 Å². The quantitative estimate of drug-likeness (QED) is 0.833. The van der Waals surface area contributed by atoms with Crippen molar-refractivity contribution in [3.8, 4) is 5.75 Å². The van der Waals surface area contributed by atoms with Crippen molar-refractivity contribution in [2.24, 2.45) is 11.8 Å². The molecule has 5 heteroatoms. The monoisotopic (exact) mass is 360 g/mol. The standard InChI is InChI=1S/C22H20N2O3/c1-12-10-16-19(22(26)24(21(16)25)13-6-4-3-5-7-13)20-18(12)15-11-14(27-2)8-9-17(15)23-20/h3-9,11,16,19-20,23H,10H2,1-2H3/t16-,19-,20?/m1/s1. The van der Waals surface area contributed by atoms with E-state index in [2.05, 4.69) is 12.2 Å². The van der Waals surface area contributed by atoms with Crippen molar-refractivity contribution in [1.82, 2.24) is 0 Å². The van der Waals surface area contributed by atoms with Gasteiger partial charge in [0.25, 0.3) is 0 Å². The van der Waals surface area contributed by atoms with Crippen LogP contribution < -0.4 is 15.0 Å². The Balaban J connectivity index is 1.58. The van der Waals surface area contributed by atoms with Crippen LogP contribution in [0.3, 0.4) is 0 Å². The molecule has 136 valence electrons. The summed E-state index contributed by atoms with van der Waals surface area (Å²) in [5.41, 5.74) is 5.03. The number of carbonyl (C=O) groups excluding carboxylic acids is 2. The number of nitrogens with one attached hydrogen (secondary N) is 1. The molecule has 1 unspecified atom stereocenters. The van der Waals surface area contributed by atoms with Crippen molar-refractivity contribution in [2.75, 3.05) is 17.3 Å². The number of benzene rings is 2. The number of nitrogens with zero attached hydrogens (tertiary/aromatic N) is 1. The van der Waals surface area contributed by atoms with Gasteiger partial charge in [0.15, 0.2) is 0 Å². The third-order valence-electron chi connectivity index (χ3n) is 5.97. The Morgan fingerprint density at radius 1 is 1.07 bits per heavy atom. The molecular formula is C22H20N2O3. The van der Waals surface area contributed by atoms with Gasteiger partial charge in [-0.3, -0.25) is 9.59 Å². The van der Waals surface area contributed by atoms with Gasteiger partial charge in [-0.15, -0.1) is 0 Å². The first-order valence-corrected chi connectivity index (χ1v) is 9.17. The molecule has 3 aliphatic rings. The molecule has 2 aliphatic heterocycles. The first-order valence-electron chi connectivity index (χ1n) is 9.17. The van der Waals surface area contributed by atoms with E-state index >= 15 is 0 Å². The van der Waals surface area contributed by atoms with Crippen molar-refractivity contribution in [1.29, 1.82) is 0 Å². The van der Waals surface area contributed by atoms with Gasteiger partial charge < -0.3 is 10.1 Å². The number of para-hydroxylation sites is 1. The van der Waals surface area contributed by atoms with Crippen LogP contribution in [0.1, 0.15) is 18.9 Å². The Morgan fingerprint density at radius 2 is 1.85 bits per heavy atom. The molecule has 0 aromatic heterocycles. The van der Waals surface area contributed by atoms with Crippen LogP contribution in [0, 0.1) is 11.8 Å². The summed E-state index contributed by atoms with van der Waals surface area (Å²) in [6.45, 7) is 2.07. The molecule has 2 amide bonds. The third-order valence-corrected chi connectivity index (χ3v) is 5.97. The molecule has 1 aliphatic carbocycles. The number of amides is 2. The van der Waals surface area contributed by atoms with Crippen LogP contribution in [0.5, 0.6) is 5.75 Å². The summed E-state index contributed by atoms with van der Waals surface area (Å²) in [7, 11) is 1.65. The molecule has 2 aromatic carbocycles. The molecule has 1 N–H and O–H groups in total. The lowest BCUT2D eigenvalue weighted by molar-refractivity contribution is -0.122. The van der Waals surface area contributed by atoms with Gasteiger partial charge in [-0.1, -0.05) is 23.8 Å². The highest BCUT2D eigenvalue weighted by Gasteiger charge is 2.56. The minimum Gasteiger partial charge on any atom is -0.497 e. The average molecular weight is 360 g/mol. The maximum atomic E-state index is 13.3. The summed E-state index contributed by atoms with van der Waals surface area (Å²) >= 11 is 0. The number of carbonyl (C=O) groups is 2. The van der Waals surface area contributed by atoms with Gasteiger partial charge in [0.1, 0.15) is 5.75 Å². The SMILES string of the molecule is COc1ccc2c(c1)C1=C(C)C[C@H]3C(=O)N(c4ccccc4)C(=O)[C@H]3C1N2. The fourth-order valence-corrected chi connectivity index (χ4v) is 4.78. The van der Waals surface area contributed by atoms with Crippen molar-refractivity contribution in [3.05, 3.63) is 59.7 Å². The fourth-order valence-electron chi connectivity index (χ4n) is 4.78. The van der Waals surface area contributed by atoms with Gasteiger partial charge in [0, 0.05) is 11.3 Å². The molecule has 1 fully saturated rings. The van der Waals surface area contributed by atoms with Crippen LogP contribution >= 0.6 is 0 Å². The summed E-state index contributed by atoms with van der Waals surface area (Å²) in [4.78, 5) is 27.8. The Bertz CT molecular complexity index is 996. The van der Waals surface area contributed by atoms with Crippen LogP contribution in [-0.4, -0.2) is 25.0 Å². The summed E-state index contributed by atoms with van der Waals surface area (Å²) < 4.78 is 5.37. The third kappa shape index (κ3) is 2.17. The van der Waals surface area contributed by atoms with E-state index in [9.17, 15) is 9.59 Å². The number of methoxy groups -OCH3 is 1. The van der Waals surface area contributed by atoms with E-state index in [1.807, 2.05) is 48.5 Å². The summed E-state index contributed by atoms with van der Waals surface area (Å²) in [6, 6.07) is 15.0. The van der Waals surface area contributed by atoms with E-state index in [4.69, 9.17) is 4.74 Å². The maximum Gasteiger partial charge on any atom is 0.240 e. The van der Waals surface area contributed by atoms with E-state index in [0.717, 1.165) is 28.1 Å². The number of fused-ring (bicyclic) bond motifs is 5. The van der Waals surface area contributed by atoms with Crippen molar-refractivity contribution in [3.63, 3.8) is 0 Å². The largest absolute Gasteiger partial charge is 0.497 e. The minimum atomic E-state index is -0.380. The molecule has 5 nitrogen and oxygen atoms in total. The van der Waals surface area contributed by atoms with Gasteiger partial charge in [-0.05, 0) is 49.2 Å². The first kappa shape index (κ1) is 16.1. The number of imide groups is 1. The number of hydrogen-bond acceptors (Lipinski definition) is 4. The van der Waals surface area contributed by atoms with E-state index in [1.165, 1.54) is 4.90 Å². The molecule has 3 atom stereocenters. The van der Waals surface area contributed by atoms with Gasteiger partial charge >= 0.3 is 0 Å². The molecule has 5 rings (SSSR count). The predicted octanol–water partition coefficient (Wildman–Crippen LogP) is 3.47. The normalized spacial score (nSPS) is 25.9. The Hall–Kier alpha value is -3.08. The number of anilines is 2. The highest BCUT2D eigenvalue weighted by molar-refractivity contribution is 6.23. The second-order valence-electron chi connectivity index (χ2n) is 7.41.